The van der Waals surface area contributed by atoms with E-state index in [0.29, 0.717) is 52.2 Å². The van der Waals surface area contributed by atoms with Crippen molar-refractivity contribution in [2.75, 3.05) is 17.2 Å². The molecule has 4 aromatic rings. The number of carbonyl (C=O) groups excluding carboxylic acids is 1. The molecule has 0 fully saturated rings. The second kappa shape index (κ2) is 9.26. The van der Waals surface area contributed by atoms with E-state index in [1.54, 1.807) is 10.6 Å². The van der Waals surface area contributed by atoms with Crippen LogP contribution in [0.5, 0.6) is 5.88 Å². The molecule has 0 atom stereocenters. The van der Waals surface area contributed by atoms with E-state index in [1.165, 1.54) is 18.2 Å². The van der Waals surface area contributed by atoms with Gasteiger partial charge in [-0.2, -0.15) is 5.10 Å². The molecule has 11 heteroatoms. The molecule has 204 valence electrons. The third kappa shape index (κ3) is 4.78. The smallest absolute Gasteiger partial charge is 0.235 e. The summed E-state index contributed by atoms with van der Waals surface area (Å²) < 4.78 is 35.8. The maximum Gasteiger partial charge on any atom is 0.235 e. The van der Waals surface area contributed by atoms with Crippen molar-refractivity contribution in [1.29, 1.82) is 0 Å². The van der Waals surface area contributed by atoms with E-state index >= 15 is 0 Å². The number of halogens is 2. The molecule has 0 spiro atoms. The average molecular weight is 536 g/mol. The molecule has 1 amide bonds. The van der Waals surface area contributed by atoms with Gasteiger partial charge in [-0.15, -0.1) is 0 Å². The summed E-state index contributed by atoms with van der Waals surface area (Å²) in [4.78, 5) is 22.4. The summed E-state index contributed by atoms with van der Waals surface area (Å²) in [7, 11) is 0. The predicted molar refractivity (Wildman–Crippen MR) is 145 cm³/mol. The van der Waals surface area contributed by atoms with Crippen molar-refractivity contribution in [2.45, 2.75) is 59.1 Å². The van der Waals surface area contributed by atoms with Gasteiger partial charge in [0.25, 0.3) is 0 Å². The Morgan fingerprint density at radius 2 is 1.85 bits per heavy atom. The summed E-state index contributed by atoms with van der Waals surface area (Å²) >= 11 is 0. The highest BCUT2D eigenvalue weighted by molar-refractivity contribution is 6.06. The Balaban J connectivity index is 1.62. The van der Waals surface area contributed by atoms with Crippen LogP contribution in [0, 0.1) is 25.5 Å². The number of hydrogen-bond donors (Lipinski definition) is 3. The summed E-state index contributed by atoms with van der Waals surface area (Å²) in [5, 5.41) is 10.8. The number of benzene rings is 1. The summed E-state index contributed by atoms with van der Waals surface area (Å²) in [5.74, 6) is 0.0403. The van der Waals surface area contributed by atoms with Crippen LogP contribution < -0.4 is 21.1 Å². The highest BCUT2D eigenvalue weighted by atomic mass is 19.1. The number of carbonyl (C=O) groups is 1. The first-order valence-corrected chi connectivity index (χ1v) is 12.6. The molecule has 4 heterocycles. The minimum atomic E-state index is -0.843. The molecule has 1 aliphatic heterocycles. The van der Waals surface area contributed by atoms with Crippen LogP contribution in [-0.4, -0.2) is 37.6 Å². The first-order chi connectivity index (χ1) is 18.3. The highest BCUT2D eigenvalue weighted by Gasteiger charge is 2.43. The van der Waals surface area contributed by atoms with Crippen LogP contribution in [0.1, 0.15) is 50.1 Å². The summed E-state index contributed by atoms with van der Waals surface area (Å²) in [6.45, 7) is 11.2. The SMILES string of the molecule is Cc1cc(OCc2c(F)cccc2F)n2nc(C)c(-c3nc(NCC(C)(C)N)c4c(n3)NC(=O)C4(C)C)c2c1. The molecule has 9 nitrogen and oxygen atoms in total. The Labute approximate surface area is 224 Å². The van der Waals surface area contributed by atoms with Crippen LogP contribution in [0.25, 0.3) is 16.9 Å². The van der Waals surface area contributed by atoms with Gasteiger partial charge >= 0.3 is 0 Å². The van der Waals surface area contributed by atoms with E-state index in [-0.39, 0.29) is 18.1 Å². The molecule has 39 heavy (non-hydrogen) atoms. The molecule has 0 bridgehead atoms. The molecule has 5 rings (SSSR count). The van der Waals surface area contributed by atoms with Gasteiger partial charge in [0.05, 0.1) is 33.3 Å². The number of nitrogens with two attached hydrogens (primary N) is 1. The number of nitrogens with one attached hydrogen (secondary N) is 2. The van der Waals surface area contributed by atoms with E-state index < -0.39 is 22.6 Å². The van der Waals surface area contributed by atoms with Crippen molar-refractivity contribution in [3.8, 4) is 17.3 Å². The molecule has 0 aliphatic carbocycles. The number of rotatable bonds is 7. The van der Waals surface area contributed by atoms with E-state index in [1.807, 2.05) is 47.6 Å². The molecule has 0 unspecified atom stereocenters. The molecule has 1 aromatic carbocycles. The number of ether oxygens (including phenoxy) is 1. The van der Waals surface area contributed by atoms with Gasteiger partial charge < -0.3 is 21.1 Å². The van der Waals surface area contributed by atoms with Crippen molar-refractivity contribution in [3.63, 3.8) is 0 Å². The predicted octanol–water partition coefficient (Wildman–Crippen LogP) is 4.64. The standard InChI is InChI=1S/C28H31F2N7O2/c1-14-10-19-21(15(2)36-37(19)20(11-14)39-12-16-17(29)8-7-9-18(16)30)23-33-24(32-13-27(3,4)31)22-25(34-23)35-26(38)28(22,5)6/h7-11H,12-13,31H2,1-6H3,(H2,32,33,34,35,38). The number of nitrogens with zero attached hydrogens (tertiary/aromatic N) is 4. The van der Waals surface area contributed by atoms with E-state index in [0.717, 1.165) is 5.56 Å². The number of aromatic nitrogens is 4. The third-order valence-electron chi connectivity index (χ3n) is 6.72. The van der Waals surface area contributed by atoms with E-state index in [2.05, 4.69) is 15.7 Å². The zero-order chi connectivity index (χ0) is 28.3. The molecule has 0 radical (unpaired) electrons. The van der Waals surface area contributed by atoms with Crippen LogP contribution in [0.2, 0.25) is 0 Å². The van der Waals surface area contributed by atoms with Crippen LogP contribution in [-0.2, 0) is 16.8 Å². The quantitative estimate of drug-likeness (QED) is 0.315. The van der Waals surface area contributed by atoms with Crippen molar-refractivity contribution in [1.82, 2.24) is 19.6 Å². The summed E-state index contributed by atoms with van der Waals surface area (Å²) in [6.07, 6.45) is 0. The van der Waals surface area contributed by atoms with Gasteiger partial charge in [0, 0.05) is 18.2 Å². The van der Waals surface area contributed by atoms with Gasteiger partial charge in [0.15, 0.2) is 5.82 Å². The molecular weight excluding hydrogens is 504 g/mol. The lowest BCUT2D eigenvalue weighted by Gasteiger charge is -2.23. The number of anilines is 2. The second-order valence-electron chi connectivity index (χ2n) is 11.2. The Kier molecular flexibility index (Phi) is 6.29. The first kappa shape index (κ1) is 26.5. The molecular formula is C28H31F2N7O2. The van der Waals surface area contributed by atoms with Crippen molar-refractivity contribution >= 4 is 23.1 Å². The summed E-state index contributed by atoms with van der Waals surface area (Å²) in [6, 6.07) is 7.32. The van der Waals surface area contributed by atoms with Crippen LogP contribution >= 0.6 is 0 Å². The van der Waals surface area contributed by atoms with Crippen molar-refractivity contribution in [2.24, 2.45) is 5.73 Å². The van der Waals surface area contributed by atoms with Crippen LogP contribution in [0.4, 0.5) is 20.4 Å². The average Bonchev–Trinajstić information content (AvgIpc) is 3.28. The molecule has 4 N–H and O–H groups in total. The van der Waals surface area contributed by atoms with E-state index in [4.69, 9.17) is 20.4 Å². The van der Waals surface area contributed by atoms with Gasteiger partial charge in [0.1, 0.15) is 29.9 Å². The van der Waals surface area contributed by atoms with Gasteiger partial charge in [-0.05, 0) is 65.3 Å². The second-order valence-corrected chi connectivity index (χ2v) is 11.2. The molecule has 0 saturated heterocycles. The highest BCUT2D eigenvalue weighted by Crippen LogP contribution is 2.42. The zero-order valence-electron chi connectivity index (χ0n) is 22.7. The summed E-state index contributed by atoms with van der Waals surface area (Å²) in [5.41, 5.74) is 8.07. The van der Waals surface area contributed by atoms with Crippen molar-refractivity contribution < 1.29 is 18.3 Å². The lowest BCUT2D eigenvalue weighted by Crippen LogP contribution is -2.40. The number of hydrogen-bond acceptors (Lipinski definition) is 7. The fraction of sp³-hybridized carbons (Fsp3) is 0.357. The molecule has 1 aliphatic rings. The number of pyridine rings is 1. The normalized spacial score (nSPS) is 14.4. The van der Waals surface area contributed by atoms with Gasteiger partial charge in [-0.25, -0.2) is 23.3 Å². The first-order valence-electron chi connectivity index (χ1n) is 12.6. The lowest BCUT2D eigenvalue weighted by atomic mass is 9.87. The van der Waals surface area contributed by atoms with Crippen molar-refractivity contribution in [3.05, 3.63) is 64.4 Å². The lowest BCUT2D eigenvalue weighted by molar-refractivity contribution is -0.119. The minimum Gasteiger partial charge on any atom is -0.473 e. The zero-order valence-corrected chi connectivity index (χ0v) is 22.7. The Bertz CT molecular complexity index is 1600. The topological polar surface area (TPSA) is 119 Å². The molecule has 3 aromatic heterocycles. The maximum atomic E-state index is 14.2. The fourth-order valence-corrected chi connectivity index (χ4v) is 4.63. The Morgan fingerprint density at radius 3 is 2.51 bits per heavy atom. The van der Waals surface area contributed by atoms with Crippen LogP contribution in [0.15, 0.2) is 30.3 Å². The third-order valence-corrected chi connectivity index (χ3v) is 6.72. The molecule has 0 saturated carbocycles. The fourth-order valence-electron chi connectivity index (χ4n) is 4.63. The number of amides is 1. The monoisotopic (exact) mass is 535 g/mol. The van der Waals surface area contributed by atoms with Gasteiger partial charge in [-0.1, -0.05) is 6.07 Å². The minimum absolute atomic E-state index is 0.171. The Morgan fingerprint density at radius 1 is 1.15 bits per heavy atom. The Hall–Kier alpha value is -4.12. The maximum absolute atomic E-state index is 14.2. The number of fused-ring (bicyclic) bond motifs is 2. The van der Waals surface area contributed by atoms with E-state index in [9.17, 15) is 13.6 Å². The van der Waals surface area contributed by atoms with Gasteiger partial charge in [0.2, 0.25) is 11.8 Å². The van der Waals surface area contributed by atoms with Crippen LogP contribution in [0.3, 0.4) is 0 Å². The van der Waals surface area contributed by atoms with Gasteiger partial charge in [-0.3, -0.25) is 4.79 Å². The number of aryl methyl sites for hydroxylation is 2. The largest absolute Gasteiger partial charge is 0.473 e.